The van der Waals surface area contributed by atoms with E-state index in [4.69, 9.17) is 0 Å². The molecule has 2 aromatic heterocycles. The molecule has 2 aromatic carbocycles. The fourth-order valence-electron chi connectivity index (χ4n) is 3.66. The molecule has 2 heterocycles. The van der Waals surface area contributed by atoms with E-state index >= 15 is 0 Å². The lowest BCUT2D eigenvalue weighted by molar-refractivity contribution is 1.23. The van der Waals surface area contributed by atoms with Gasteiger partial charge in [0, 0.05) is 22.7 Å². The summed E-state index contributed by atoms with van der Waals surface area (Å²) in [7, 11) is 3.64. The third-order valence-electron chi connectivity index (χ3n) is 4.83. The smallest absolute Gasteiger partial charge is 0.257 e. The molecule has 4 aromatic rings. The van der Waals surface area contributed by atoms with E-state index in [1.165, 1.54) is 11.1 Å². The summed E-state index contributed by atoms with van der Waals surface area (Å²) in [6.45, 7) is 6.23. The fourth-order valence-corrected chi connectivity index (χ4v) is 3.82. The van der Waals surface area contributed by atoms with Gasteiger partial charge in [-0.25, -0.2) is 0 Å². The molecule has 27 heavy (non-hydrogen) atoms. The van der Waals surface area contributed by atoms with E-state index in [0.717, 1.165) is 38.6 Å². The van der Waals surface area contributed by atoms with Crippen molar-refractivity contribution in [2.45, 2.75) is 20.8 Å². The van der Waals surface area contributed by atoms with E-state index in [9.17, 15) is 4.79 Å². The highest BCUT2D eigenvalue weighted by molar-refractivity contribution is 7.22. The number of hydrogen-bond acceptors (Lipinski definition) is 1. The number of pyridine rings is 1. The van der Waals surface area contributed by atoms with Crippen LogP contribution in [-0.2, 0) is 0 Å². The molecule has 0 saturated carbocycles. The van der Waals surface area contributed by atoms with Gasteiger partial charge in [-0.05, 0) is 61.5 Å². The van der Waals surface area contributed by atoms with Crippen LogP contribution in [0.4, 0.5) is 0 Å². The number of rotatable bonds is 3. The number of nitrogens with one attached hydrogen (secondary N) is 2. The summed E-state index contributed by atoms with van der Waals surface area (Å²) in [6, 6.07) is 16.5. The first-order valence-corrected chi connectivity index (χ1v) is 9.42. The minimum absolute atomic E-state index is 0.0993. The van der Waals surface area contributed by atoms with E-state index in [1.54, 1.807) is 6.20 Å². The predicted molar refractivity (Wildman–Crippen MR) is 117 cm³/mol. The van der Waals surface area contributed by atoms with Gasteiger partial charge < -0.3 is 9.97 Å². The van der Waals surface area contributed by atoms with Crippen molar-refractivity contribution in [3.8, 4) is 22.4 Å². The Hall–Kier alpha value is -2.90. The summed E-state index contributed by atoms with van der Waals surface area (Å²) in [5.74, 6) is 0. The summed E-state index contributed by atoms with van der Waals surface area (Å²) in [6.07, 6.45) is 1.66. The molecule has 0 aliphatic rings. The molecule has 0 radical (unpaired) electrons. The largest absolute Gasteiger partial charge is 0.354 e. The SMILES string of the molecule is CC(=P)c1ccc2[nH]c(-c3ccc[nH]c3=O)c(-c3cc(C)cc(C)c3)c2c1. The molecule has 0 aliphatic heterocycles. The maximum atomic E-state index is 12.5. The Kier molecular flexibility index (Phi) is 4.33. The molecular weight excluding hydrogens is 351 g/mol. The fraction of sp³-hybridized carbons (Fsp3) is 0.130. The summed E-state index contributed by atoms with van der Waals surface area (Å²) < 4.78 is 0. The molecule has 0 amide bonds. The molecule has 0 atom stereocenters. The van der Waals surface area contributed by atoms with Crippen LogP contribution >= 0.6 is 8.86 Å². The Bertz CT molecular complexity index is 1230. The van der Waals surface area contributed by atoms with Crippen LogP contribution in [0.15, 0.2) is 59.5 Å². The van der Waals surface area contributed by atoms with Crippen molar-refractivity contribution in [2.75, 3.05) is 0 Å². The second-order valence-electron chi connectivity index (χ2n) is 7.05. The van der Waals surface area contributed by atoms with Gasteiger partial charge in [0.05, 0.1) is 11.3 Å². The van der Waals surface area contributed by atoms with E-state index in [2.05, 4.69) is 69.1 Å². The molecule has 4 heteroatoms. The third-order valence-corrected chi connectivity index (χ3v) is 5.12. The molecule has 134 valence electrons. The minimum atomic E-state index is -0.0993. The lowest BCUT2D eigenvalue weighted by Crippen LogP contribution is -2.07. The van der Waals surface area contributed by atoms with Crippen LogP contribution in [0.2, 0.25) is 0 Å². The zero-order valence-corrected chi connectivity index (χ0v) is 16.6. The third kappa shape index (κ3) is 3.15. The number of aromatic nitrogens is 2. The highest BCUT2D eigenvalue weighted by atomic mass is 31.0. The van der Waals surface area contributed by atoms with E-state index < -0.39 is 0 Å². The molecular formula is C23H21N2OP. The number of hydrogen-bond donors (Lipinski definition) is 2. The molecule has 4 rings (SSSR count). The number of aryl methyl sites for hydroxylation is 2. The van der Waals surface area contributed by atoms with Gasteiger partial charge in [-0.2, -0.15) is 0 Å². The minimum Gasteiger partial charge on any atom is -0.354 e. The summed E-state index contributed by atoms with van der Waals surface area (Å²) in [5, 5.41) is 2.18. The van der Waals surface area contributed by atoms with Crippen LogP contribution in [0.3, 0.4) is 0 Å². The molecule has 0 aliphatic carbocycles. The number of benzene rings is 2. The second-order valence-corrected chi connectivity index (χ2v) is 7.80. The maximum absolute atomic E-state index is 12.5. The van der Waals surface area contributed by atoms with Crippen molar-refractivity contribution in [3.05, 3.63) is 81.8 Å². The van der Waals surface area contributed by atoms with Crippen LogP contribution in [0.25, 0.3) is 33.3 Å². The Balaban J connectivity index is 2.13. The highest BCUT2D eigenvalue weighted by Gasteiger charge is 2.18. The van der Waals surface area contributed by atoms with Crippen LogP contribution in [0.5, 0.6) is 0 Å². The Morgan fingerprint density at radius 1 is 1.00 bits per heavy atom. The van der Waals surface area contributed by atoms with Crippen molar-refractivity contribution in [3.63, 3.8) is 0 Å². The van der Waals surface area contributed by atoms with Crippen LogP contribution in [0, 0.1) is 13.8 Å². The summed E-state index contributed by atoms with van der Waals surface area (Å²) in [5.41, 5.74) is 8.10. The van der Waals surface area contributed by atoms with Gasteiger partial charge in [0.2, 0.25) is 0 Å². The van der Waals surface area contributed by atoms with Crippen molar-refractivity contribution in [1.82, 2.24) is 9.97 Å². The monoisotopic (exact) mass is 372 g/mol. The molecule has 0 saturated heterocycles. The predicted octanol–water partition coefficient (Wildman–Crippen LogP) is 5.49. The van der Waals surface area contributed by atoms with Crippen LogP contribution in [0.1, 0.15) is 23.6 Å². The first-order valence-electron chi connectivity index (χ1n) is 8.92. The van der Waals surface area contributed by atoms with Gasteiger partial charge in [-0.1, -0.05) is 35.4 Å². The number of fused-ring (bicyclic) bond motifs is 1. The van der Waals surface area contributed by atoms with Crippen molar-refractivity contribution >= 4 is 25.1 Å². The molecule has 2 N–H and O–H groups in total. The summed E-state index contributed by atoms with van der Waals surface area (Å²) >= 11 is 0. The molecule has 0 fully saturated rings. The first kappa shape index (κ1) is 17.5. The van der Waals surface area contributed by atoms with Gasteiger partial charge in [0.15, 0.2) is 0 Å². The van der Waals surface area contributed by atoms with Gasteiger partial charge >= 0.3 is 0 Å². The van der Waals surface area contributed by atoms with Crippen molar-refractivity contribution in [1.29, 1.82) is 0 Å². The molecule has 0 bridgehead atoms. The Morgan fingerprint density at radius 2 is 1.74 bits per heavy atom. The van der Waals surface area contributed by atoms with E-state index in [1.807, 2.05) is 19.1 Å². The maximum Gasteiger partial charge on any atom is 0.257 e. The van der Waals surface area contributed by atoms with Gasteiger partial charge in [-0.15, -0.1) is 8.86 Å². The number of H-pyrrole nitrogens is 2. The van der Waals surface area contributed by atoms with Crippen LogP contribution in [-0.4, -0.2) is 15.3 Å². The highest BCUT2D eigenvalue weighted by Crippen LogP contribution is 2.38. The lowest BCUT2D eigenvalue weighted by atomic mass is 9.95. The summed E-state index contributed by atoms with van der Waals surface area (Å²) in [4.78, 5) is 18.8. The topological polar surface area (TPSA) is 48.6 Å². The van der Waals surface area contributed by atoms with Gasteiger partial charge in [-0.3, -0.25) is 4.79 Å². The first-order chi connectivity index (χ1) is 12.9. The average molecular weight is 372 g/mol. The zero-order valence-electron chi connectivity index (χ0n) is 15.6. The van der Waals surface area contributed by atoms with E-state index in [-0.39, 0.29) is 5.56 Å². The molecule has 3 nitrogen and oxygen atoms in total. The van der Waals surface area contributed by atoms with Gasteiger partial charge in [0.25, 0.3) is 5.56 Å². The van der Waals surface area contributed by atoms with Crippen LogP contribution < -0.4 is 5.56 Å². The normalized spacial score (nSPS) is 11.1. The Morgan fingerprint density at radius 3 is 2.41 bits per heavy atom. The van der Waals surface area contributed by atoms with Crippen molar-refractivity contribution in [2.24, 2.45) is 0 Å². The molecule has 0 unspecified atom stereocenters. The van der Waals surface area contributed by atoms with Gasteiger partial charge in [0.1, 0.15) is 0 Å². The zero-order chi connectivity index (χ0) is 19.1. The number of aromatic amines is 2. The molecule has 0 spiro atoms. The van der Waals surface area contributed by atoms with E-state index in [0.29, 0.717) is 5.56 Å². The van der Waals surface area contributed by atoms with Crippen molar-refractivity contribution < 1.29 is 0 Å². The second kappa shape index (κ2) is 6.68. The quantitative estimate of drug-likeness (QED) is 0.459. The lowest BCUT2D eigenvalue weighted by Gasteiger charge is -2.08. The Labute approximate surface area is 160 Å². The standard InChI is InChI=1S/C23H21N2OP/c1-13-9-14(2)11-17(10-13)21-19-12-16(15(3)27)6-7-20(19)25-22(21)18-5-4-8-24-23(18)26/h4-12,25,27H,1-3H3,(H,24,26). The average Bonchev–Trinajstić information content (AvgIpc) is 2.99.